The van der Waals surface area contributed by atoms with Gasteiger partial charge in [-0.2, -0.15) is 4.72 Å². The third-order valence-corrected chi connectivity index (χ3v) is 6.30. The quantitative estimate of drug-likeness (QED) is 0.469. The summed E-state index contributed by atoms with van der Waals surface area (Å²) in [6.07, 6.45) is 0. The van der Waals surface area contributed by atoms with Crippen LogP contribution in [0.4, 0.5) is 5.69 Å². The number of ether oxygens (including phenoxy) is 3. The van der Waals surface area contributed by atoms with Crippen molar-refractivity contribution in [3.05, 3.63) is 78.4 Å². The normalized spacial score (nSPS) is 12.0. The lowest BCUT2D eigenvalue weighted by molar-refractivity contribution is -0.117. The van der Waals surface area contributed by atoms with Gasteiger partial charge < -0.3 is 19.5 Å². The van der Waals surface area contributed by atoms with Gasteiger partial charge in [0.05, 0.1) is 25.2 Å². The molecule has 33 heavy (non-hydrogen) atoms. The fourth-order valence-electron chi connectivity index (χ4n) is 2.96. The standard InChI is InChI=1S/C24H26N2O6S/c1-17(26-33(28,29)21-13-14-22(30-2)23(15-21)31-3)24(27)25-19-9-11-20(12-10-19)32-16-18-7-5-4-6-8-18/h4-15,17,26H,16H2,1-3H3,(H,25,27)/t17-/m0/s1. The number of carbonyl (C=O) groups excluding carboxylic acids is 1. The number of nitrogens with one attached hydrogen (secondary N) is 2. The van der Waals surface area contributed by atoms with Crippen molar-refractivity contribution in [3.8, 4) is 17.2 Å². The van der Waals surface area contributed by atoms with Gasteiger partial charge in [0.1, 0.15) is 12.4 Å². The summed E-state index contributed by atoms with van der Waals surface area (Å²) in [5, 5.41) is 2.69. The van der Waals surface area contributed by atoms with Crippen LogP contribution in [-0.2, 0) is 21.4 Å². The zero-order valence-corrected chi connectivity index (χ0v) is 19.4. The molecule has 3 aromatic rings. The predicted octanol–water partition coefficient (Wildman–Crippen LogP) is 3.59. The number of sulfonamides is 1. The van der Waals surface area contributed by atoms with E-state index in [9.17, 15) is 13.2 Å². The minimum atomic E-state index is -3.96. The summed E-state index contributed by atoms with van der Waals surface area (Å²) in [6, 6.07) is 19.8. The van der Waals surface area contributed by atoms with Gasteiger partial charge in [-0.25, -0.2) is 8.42 Å². The van der Waals surface area contributed by atoms with Crippen LogP contribution in [0.2, 0.25) is 0 Å². The van der Waals surface area contributed by atoms with Gasteiger partial charge in [-0.3, -0.25) is 4.79 Å². The second kappa shape index (κ2) is 10.8. The van der Waals surface area contributed by atoms with Crippen LogP contribution in [0, 0.1) is 0 Å². The average Bonchev–Trinajstić information content (AvgIpc) is 2.83. The van der Waals surface area contributed by atoms with Gasteiger partial charge in [-0.1, -0.05) is 30.3 Å². The first-order valence-electron chi connectivity index (χ1n) is 10.1. The summed E-state index contributed by atoms with van der Waals surface area (Å²) in [6.45, 7) is 1.90. The molecule has 0 radical (unpaired) electrons. The topological polar surface area (TPSA) is 103 Å². The van der Waals surface area contributed by atoms with E-state index in [0.29, 0.717) is 23.8 Å². The molecule has 0 fully saturated rings. The molecule has 0 saturated carbocycles. The van der Waals surface area contributed by atoms with Crippen molar-refractivity contribution < 1.29 is 27.4 Å². The van der Waals surface area contributed by atoms with E-state index in [1.54, 1.807) is 24.3 Å². The highest BCUT2D eigenvalue weighted by atomic mass is 32.2. The summed E-state index contributed by atoms with van der Waals surface area (Å²) in [5.74, 6) is 0.821. The second-order valence-electron chi connectivity index (χ2n) is 7.15. The number of methoxy groups -OCH3 is 2. The van der Waals surface area contributed by atoms with E-state index < -0.39 is 22.0 Å². The maximum Gasteiger partial charge on any atom is 0.242 e. The fourth-order valence-corrected chi connectivity index (χ4v) is 4.18. The van der Waals surface area contributed by atoms with Crippen LogP contribution in [0.5, 0.6) is 17.2 Å². The van der Waals surface area contributed by atoms with Gasteiger partial charge in [0.25, 0.3) is 0 Å². The van der Waals surface area contributed by atoms with Crippen molar-refractivity contribution in [2.24, 2.45) is 0 Å². The fraction of sp³-hybridized carbons (Fsp3) is 0.208. The number of carbonyl (C=O) groups is 1. The second-order valence-corrected chi connectivity index (χ2v) is 8.86. The van der Waals surface area contributed by atoms with Gasteiger partial charge >= 0.3 is 0 Å². The number of hydrogen-bond acceptors (Lipinski definition) is 6. The molecular weight excluding hydrogens is 444 g/mol. The van der Waals surface area contributed by atoms with E-state index in [2.05, 4.69) is 10.0 Å². The molecule has 0 heterocycles. The molecule has 2 N–H and O–H groups in total. The van der Waals surface area contributed by atoms with Crippen molar-refractivity contribution in [3.63, 3.8) is 0 Å². The number of anilines is 1. The first kappa shape index (κ1) is 24.1. The Morgan fingerprint density at radius 3 is 2.21 bits per heavy atom. The zero-order valence-electron chi connectivity index (χ0n) is 18.6. The Morgan fingerprint density at radius 1 is 0.909 bits per heavy atom. The van der Waals surface area contributed by atoms with E-state index >= 15 is 0 Å². The van der Waals surface area contributed by atoms with Crippen LogP contribution in [0.25, 0.3) is 0 Å². The van der Waals surface area contributed by atoms with Gasteiger partial charge in [0.2, 0.25) is 15.9 Å². The van der Waals surface area contributed by atoms with Crippen LogP contribution >= 0.6 is 0 Å². The molecule has 0 aliphatic carbocycles. The Bertz CT molecular complexity index is 1180. The van der Waals surface area contributed by atoms with E-state index in [1.807, 2.05) is 30.3 Å². The van der Waals surface area contributed by atoms with Crippen molar-refractivity contribution >= 4 is 21.6 Å². The lowest BCUT2D eigenvalue weighted by Gasteiger charge is -2.16. The lowest BCUT2D eigenvalue weighted by Crippen LogP contribution is -2.41. The van der Waals surface area contributed by atoms with Gasteiger partial charge in [-0.15, -0.1) is 0 Å². The molecule has 9 heteroatoms. The Morgan fingerprint density at radius 2 is 1.58 bits per heavy atom. The largest absolute Gasteiger partial charge is 0.493 e. The molecule has 174 valence electrons. The summed E-state index contributed by atoms with van der Waals surface area (Å²) in [7, 11) is -1.09. The van der Waals surface area contributed by atoms with Gasteiger partial charge in [0.15, 0.2) is 11.5 Å². The van der Waals surface area contributed by atoms with Crippen LogP contribution in [0.1, 0.15) is 12.5 Å². The Kier molecular flexibility index (Phi) is 7.92. The molecule has 3 rings (SSSR count). The van der Waals surface area contributed by atoms with Gasteiger partial charge in [0, 0.05) is 11.8 Å². The van der Waals surface area contributed by atoms with Crippen LogP contribution < -0.4 is 24.2 Å². The van der Waals surface area contributed by atoms with E-state index in [4.69, 9.17) is 14.2 Å². The van der Waals surface area contributed by atoms with E-state index in [-0.39, 0.29) is 10.6 Å². The Hall–Kier alpha value is -3.56. The Labute approximate surface area is 193 Å². The van der Waals surface area contributed by atoms with E-state index in [0.717, 1.165) is 5.56 Å². The molecule has 0 aliphatic rings. The van der Waals surface area contributed by atoms with Crippen molar-refractivity contribution in [2.75, 3.05) is 19.5 Å². The molecule has 3 aromatic carbocycles. The number of hydrogen-bond donors (Lipinski definition) is 2. The molecule has 0 unspecified atom stereocenters. The highest BCUT2D eigenvalue weighted by Gasteiger charge is 2.23. The smallest absolute Gasteiger partial charge is 0.242 e. The zero-order chi connectivity index (χ0) is 23.8. The molecule has 1 atom stereocenters. The summed E-state index contributed by atoms with van der Waals surface area (Å²) >= 11 is 0. The van der Waals surface area contributed by atoms with Crippen molar-refractivity contribution in [1.82, 2.24) is 4.72 Å². The first-order valence-corrected chi connectivity index (χ1v) is 11.6. The first-order chi connectivity index (χ1) is 15.8. The molecule has 0 bridgehead atoms. The highest BCUT2D eigenvalue weighted by molar-refractivity contribution is 7.89. The third kappa shape index (κ3) is 6.47. The number of rotatable bonds is 10. The minimum Gasteiger partial charge on any atom is -0.493 e. The van der Waals surface area contributed by atoms with Gasteiger partial charge in [-0.05, 0) is 48.9 Å². The van der Waals surface area contributed by atoms with E-state index in [1.165, 1.54) is 39.3 Å². The molecule has 0 aliphatic heterocycles. The molecule has 0 saturated heterocycles. The average molecular weight is 471 g/mol. The lowest BCUT2D eigenvalue weighted by atomic mass is 10.2. The maximum atomic E-state index is 12.7. The van der Waals surface area contributed by atoms with Crippen molar-refractivity contribution in [2.45, 2.75) is 24.5 Å². The highest BCUT2D eigenvalue weighted by Crippen LogP contribution is 2.29. The molecule has 1 amide bonds. The summed E-state index contributed by atoms with van der Waals surface area (Å²) < 4.78 is 43.8. The van der Waals surface area contributed by atoms with Crippen LogP contribution in [0.3, 0.4) is 0 Å². The predicted molar refractivity (Wildman–Crippen MR) is 125 cm³/mol. The van der Waals surface area contributed by atoms with Crippen LogP contribution in [0.15, 0.2) is 77.7 Å². The molecule has 8 nitrogen and oxygen atoms in total. The van der Waals surface area contributed by atoms with Crippen LogP contribution in [-0.4, -0.2) is 34.6 Å². The summed E-state index contributed by atoms with van der Waals surface area (Å²) in [4.78, 5) is 12.5. The molecular formula is C24H26N2O6S. The molecule has 0 spiro atoms. The minimum absolute atomic E-state index is 0.0419. The number of benzene rings is 3. The SMILES string of the molecule is COc1ccc(S(=O)(=O)N[C@@H](C)C(=O)Nc2ccc(OCc3ccccc3)cc2)cc1OC. The monoisotopic (exact) mass is 470 g/mol. The number of amides is 1. The Balaban J connectivity index is 1.58. The van der Waals surface area contributed by atoms with Crippen molar-refractivity contribution in [1.29, 1.82) is 0 Å². The third-order valence-electron chi connectivity index (χ3n) is 4.76. The molecule has 0 aromatic heterocycles. The maximum absolute atomic E-state index is 12.7. The summed E-state index contributed by atoms with van der Waals surface area (Å²) in [5.41, 5.74) is 1.56.